The van der Waals surface area contributed by atoms with E-state index in [1.165, 1.54) is 12.1 Å². The molecule has 1 heterocycles. The highest BCUT2D eigenvalue weighted by Crippen LogP contribution is 2.25. The summed E-state index contributed by atoms with van der Waals surface area (Å²) in [5.74, 6) is 0.404. The summed E-state index contributed by atoms with van der Waals surface area (Å²) in [5, 5.41) is 0. The molecule has 0 unspecified atom stereocenters. The van der Waals surface area contributed by atoms with E-state index in [4.69, 9.17) is 10.5 Å². The number of aromatic nitrogens is 1. The topological polar surface area (TPSA) is 48.1 Å². The van der Waals surface area contributed by atoms with Crippen LogP contribution in [0, 0.1) is 5.82 Å². The van der Waals surface area contributed by atoms with Gasteiger partial charge in [0.15, 0.2) is 0 Å². The number of halogens is 2. The minimum absolute atomic E-state index is 0.102. The van der Waals surface area contributed by atoms with E-state index in [1.807, 2.05) is 13.0 Å². The van der Waals surface area contributed by atoms with Crippen molar-refractivity contribution in [2.24, 2.45) is 5.73 Å². The first-order valence-corrected chi connectivity index (χ1v) is 6.19. The number of nitrogens with two attached hydrogens (primary N) is 1. The predicted octanol–water partition coefficient (Wildman–Crippen LogP) is 3.80. The van der Waals surface area contributed by atoms with E-state index < -0.39 is 0 Å². The van der Waals surface area contributed by atoms with Crippen molar-refractivity contribution < 1.29 is 9.13 Å². The van der Waals surface area contributed by atoms with Crippen LogP contribution < -0.4 is 10.5 Å². The molecular weight excluding hydrogens is 299 g/mol. The second-order valence-electron chi connectivity index (χ2n) is 3.92. The standard InChI is InChI=1S/C13H12BrFN2O/c1-8(16)9-2-3-17-13(4-9)18-12-6-10(14)5-11(15)7-12/h2-8H,16H2,1H3/t8-/m1/s1. The second-order valence-corrected chi connectivity index (χ2v) is 4.84. The molecule has 2 aromatic rings. The van der Waals surface area contributed by atoms with Crippen molar-refractivity contribution in [1.82, 2.24) is 4.98 Å². The predicted molar refractivity (Wildman–Crippen MR) is 71.0 cm³/mol. The van der Waals surface area contributed by atoms with Crippen LogP contribution in [-0.2, 0) is 0 Å². The van der Waals surface area contributed by atoms with Crippen molar-refractivity contribution in [3.63, 3.8) is 0 Å². The van der Waals surface area contributed by atoms with Crippen molar-refractivity contribution in [3.8, 4) is 11.6 Å². The number of pyridine rings is 1. The van der Waals surface area contributed by atoms with Gasteiger partial charge >= 0.3 is 0 Å². The zero-order valence-electron chi connectivity index (χ0n) is 9.73. The minimum atomic E-state index is -0.372. The van der Waals surface area contributed by atoms with Crippen LogP contribution >= 0.6 is 15.9 Å². The van der Waals surface area contributed by atoms with Crippen molar-refractivity contribution in [2.75, 3.05) is 0 Å². The maximum Gasteiger partial charge on any atom is 0.219 e. The zero-order chi connectivity index (χ0) is 13.1. The third kappa shape index (κ3) is 3.27. The van der Waals surface area contributed by atoms with Gasteiger partial charge in [-0.3, -0.25) is 0 Å². The highest BCUT2D eigenvalue weighted by molar-refractivity contribution is 9.10. The summed E-state index contributed by atoms with van der Waals surface area (Å²) in [6, 6.07) is 7.78. The maximum atomic E-state index is 13.2. The number of rotatable bonds is 3. The van der Waals surface area contributed by atoms with Crippen molar-refractivity contribution in [1.29, 1.82) is 0 Å². The smallest absolute Gasteiger partial charge is 0.219 e. The lowest BCUT2D eigenvalue weighted by Gasteiger charge is -2.09. The molecule has 0 aliphatic heterocycles. The van der Waals surface area contributed by atoms with Gasteiger partial charge in [-0.05, 0) is 30.7 Å². The third-order valence-corrected chi connectivity index (χ3v) is 2.80. The molecule has 94 valence electrons. The Bertz CT molecular complexity index is 540. The Labute approximate surface area is 113 Å². The summed E-state index contributed by atoms with van der Waals surface area (Å²) in [4.78, 5) is 4.06. The Hall–Kier alpha value is -1.46. The van der Waals surface area contributed by atoms with Crippen LogP contribution in [0.2, 0.25) is 0 Å². The lowest BCUT2D eigenvalue weighted by Crippen LogP contribution is -2.05. The molecule has 0 radical (unpaired) electrons. The van der Waals surface area contributed by atoms with Gasteiger partial charge < -0.3 is 10.5 Å². The highest BCUT2D eigenvalue weighted by atomic mass is 79.9. The maximum absolute atomic E-state index is 13.2. The van der Waals surface area contributed by atoms with Crippen LogP contribution in [0.15, 0.2) is 41.0 Å². The average molecular weight is 311 g/mol. The fourth-order valence-corrected chi connectivity index (χ4v) is 1.92. The fraction of sp³-hybridized carbons (Fsp3) is 0.154. The Balaban J connectivity index is 2.25. The SMILES string of the molecule is C[C@@H](N)c1ccnc(Oc2cc(F)cc(Br)c2)c1. The summed E-state index contributed by atoms with van der Waals surface area (Å²) >= 11 is 3.20. The van der Waals surface area contributed by atoms with E-state index in [9.17, 15) is 4.39 Å². The molecule has 0 bridgehead atoms. The molecule has 3 nitrogen and oxygen atoms in total. The Morgan fingerprint density at radius 1 is 1.33 bits per heavy atom. The first-order valence-electron chi connectivity index (χ1n) is 5.40. The molecule has 0 aliphatic carbocycles. The fourth-order valence-electron chi connectivity index (χ4n) is 1.47. The molecule has 0 saturated heterocycles. The van der Waals surface area contributed by atoms with E-state index in [0.29, 0.717) is 16.1 Å². The number of benzene rings is 1. The summed E-state index contributed by atoms with van der Waals surface area (Å²) < 4.78 is 19.3. The van der Waals surface area contributed by atoms with Gasteiger partial charge in [-0.1, -0.05) is 15.9 Å². The Morgan fingerprint density at radius 3 is 2.78 bits per heavy atom. The molecule has 1 atom stereocenters. The van der Waals surface area contributed by atoms with Gasteiger partial charge in [-0.15, -0.1) is 0 Å². The van der Waals surface area contributed by atoms with Gasteiger partial charge in [0.1, 0.15) is 11.6 Å². The van der Waals surface area contributed by atoms with Crippen LogP contribution in [-0.4, -0.2) is 4.98 Å². The van der Waals surface area contributed by atoms with Gasteiger partial charge in [-0.25, -0.2) is 9.37 Å². The molecule has 1 aromatic carbocycles. The molecule has 0 amide bonds. The summed E-state index contributed by atoms with van der Waals surface area (Å²) in [7, 11) is 0. The number of nitrogens with zero attached hydrogens (tertiary/aromatic N) is 1. The van der Waals surface area contributed by atoms with Gasteiger partial charge in [0.05, 0.1) is 0 Å². The lowest BCUT2D eigenvalue weighted by atomic mass is 10.1. The van der Waals surface area contributed by atoms with Gasteiger partial charge in [0.25, 0.3) is 0 Å². The summed E-state index contributed by atoms with van der Waals surface area (Å²) in [5.41, 5.74) is 6.69. The van der Waals surface area contributed by atoms with E-state index >= 15 is 0 Å². The van der Waals surface area contributed by atoms with Crippen LogP contribution in [0.4, 0.5) is 4.39 Å². The number of hydrogen-bond donors (Lipinski definition) is 1. The van der Waals surface area contributed by atoms with Crippen molar-refractivity contribution >= 4 is 15.9 Å². The number of ether oxygens (including phenoxy) is 1. The molecule has 2 N–H and O–H groups in total. The molecule has 0 fully saturated rings. The quantitative estimate of drug-likeness (QED) is 0.938. The van der Waals surface area contributed by atoms with Crippen LogP contribution in [0.25, 0.3) is 0 Å². The molecule has 18 heavy (non-hydrogen) atoms. The van der Waals surface area contributed by atoms with Crippen molar-refractivity contribution in [2.45, 2.75) is 13.0 Å². The van der Waals surface area contributed by atoms with E-state index in [0.717, 1.165) is 5.56 Å². The molecule has 1 aromatic heterocycles. The molecule has 2 rings (SSSR count). The van der Waals surface area contributed by atoms with Gasteiger partial charge in [-0.2, -0.15) is 0 Å². The lowest BCUT2D eigenvalue weighted by molar-refractivity contribution is 0.456. The number of hydrogen-bond acceptors (Lipinski definition) is 3. The Kier molecular flexibility index (Phi) is 3.93. The van der Waals surface area contributed by atoms with E-state index in [-0.39, 0.29) is 11.9 Å². The van der Waals surface area contributed by atoms with Crippen molar-refractivity contribution in [3.05, 3.63) is 52.4 Å². The monoisotopic (exact) mass is 310 g/mol. The van der Waals surface area contributed by atoms with E-state index in [1.54, 1.807) is 18.3 Å². The molecule has 0 spiro atoms. The zero-order valence-corrected chi connectivity index (χ0v) is 11.3. The second kappa shape index (κ2) is 5.46. The largest absolute Gasteiger partial charge is 0.439 e. The first kappa shape index (κ1) is 13.0. The summed E-state index contributed by atoms with van der Waals surface area (Å²) in [6.45, 7) is 1.87. The van der Waals surface area contributed by atoms with E-state index in [2.05, 4.69) is 20.9 Å². The summed E-state index contributed by atoms with van der Waals surface area (Å²) in [6.07, 6.45) is 1.61. The van der Waals surface area contributed by atoms with Crippen LogP contribution in [0.1, 0.15) is 18.5 Å². The van der Waals surface area contributed by atoms with Gasteiger partial charge in [0.2, 0.25) is 5.88 Å². The first-order chi connectivity index (χ1) is 8.54. The molecule has 0 saturated carbocycles. The molecule has 5 heteroatoms. The molecular formula is C13H12BrFN2O. The van der Waals surface area contributed by atoms with Gasteiger partial charge in [0, 0.05) is 28.8 Å². The minimum Gasteiger partial charge on any atom is -0.439 e. The molecule has 0 aliphatic rings. The average Bonchev–Trinajstić information content (AvgIpc) is 2.27. The Morgan fingerprint density at radius 2 is 2.11 bits per heavy atom. The third-order valence-electron chi connectivity index (χ3n) is 2.34. The van der Waals surface area contributed by atoms with Crippen LogP contribution in [0.5, 0.6) is 11.6 Å². The van der Waals surface area contributed by atoms with Crippen LogP contribution in [0.3, 0.4) is 0 Å². The highest BCUT2D eigenvalue weighted by Gasteiger charge is 2.05. The normalized spacial score (nSPS) is 12.2.